The van der Waals surface area contributed by atoms with Crippen molar-refractivity contribution in [3.05, 3.63) is 35.4 Å². The first-order chi connectivity index (χ1) is 9.63. The van der Waals surface area contributed by atoms with E-state index in [2.05, 4.69) is 6.92 Å². The number of carboxylic acids is 1. The highest BCUT2D eigenvalue weighted by Crippen LogP contribution is 2.18. The topological polar surface area (TPSA) is 66.2 Å². The first kappa shape index (κ1) is 16.3. The lowest BCUT2D eigenvalue weighted by Crippen LogP contribution is -2.18. The molecule has 0 aliphatic heterocycles. The third-order valence-corrected chi connectivity index (χ3v) is 3.37. The SMILES string of the molecule is CCCCCCCCc1cc(N)ccc1/C=C/C(=O)[O-]. The molecule has 0 spiro atoms. The van der Waals surface area contributed by atoms with Gasteiger partial charge in [-0.25, -0.2) is 0 Å². The van der Waals surface area contributed by atoms with Gasteiger partial charge >= 0.3 is 0 Å². The lowest BCUT2D eigenvalue weighted by Gasteiger charge is -2.08. The normalized spacial score (nSPS) is 11.1. The third-order valence-electron chi connectivity index (χ3n) is 3.37. The van der Waals surface area contributed by atoms with Crippen molar-refractivity contribution in [1.29, 1.82) is 0 Å². The van der Waals surface area contributed by atoms with Crippen LogP contribution < -0.4 is 10.8 Å². The Labute approximate surface area is 121 Å². The third kappa shape index (κ3) is 6.41. The molecule has 2 N–H and O–H groups in total. The van der Waals surface area contributed by atoms with E-state index in [0.717, 1.165) is 35.7 Å². The number of unbranched alkanes of at least 4 members (excludes halogenated alkanes) is 5. The van der Waals surface area contributed by atoms with Gasteiger partial charge in [0.05, 0.1) is 5.97 Å². The van der Waals surface area contributed by atoms with Crippen LogP contribution in [0.15, 0.2) is 24.3 Å². The van der Waals surface area contributed by atoms with Crippen LogP contribution in [0, 0.1) is 0 Å². The molecule has 1 aromatic rings. The molecular formula is C17H24NO2-. The molecule has 0 heterocycles. The van der Waals surface area contributed by atoms with Crippen molar-refractivity contribution >= 4 is 17.7 Å². The summed E-state index contributed by atoms with van der Waals surface area (Å²) in [4.78, 5) is 10.5. The van der Waals surface area contributed by atoms with Crippen molar-refractivity contribution in [3.63, 3.8) is 0 Å². The number of nitrogens with two attached hydrogens (primary N) is 1. The van der Waals surface area contributed by atoms with E-state index in [1.54, 1.807) is 12.1 Å². The van der Waals surface area contributed by atoms with Gasteiger partial charge in [0.25, 0.3) is 0 Å². The van der Waals surface area contributed by atoms with Gasteiger partial charge in [0.2, 0.25) is 0 Å². The predicted molar refractivity (Wildman–Crippen MR) is 82.0 cm³/mol. The smallest absolute Gasteiger partial charge is 0.0643 e. The number of hydrogen-bond donors (Lipinski definition) is 1. The first-order valence-corrected chi connectivity index (χ1v) is 7.41. The Balaban J connectivity index is 2.54. The maximum atomic E-state index is 10.5. The second kappa shape index (κ2) is 9.18. The molecule has 0 aliphatic carbocycles. The monoisotopic (exact) mass is 274 g/mol. The molecule has 0 saturated heterocycles. The van der Waals surface area contributed by atoms with E-state index < -0.39 is 5.97 Å². The van der Waals surface area contributed by atoms with E-state index in [9.17, 15) is 9.90 Å². The van der Waals surface area contributed by atoms with E-state index in [1.807, 2.05) is 12.1 Å². The van der Waals surface area contributed by atoms with Gasteiger partial charge in [0, 0.05) is 5.69 Å². The molecule has 0 unspecified atom stereocenters. The fourth-order valence-corrected chi connectivity index (χ4v) is 2.26. The van der Waals surface area contributed by atoms with Crippen LogP contribution in [0.5, 0.6) is 0 Å². The molecule has 0 aromatic heterocycles. The summed E-state index contributed by atoms with van der Waals surface area (Å²) >= 11 is 0. The summed E-state index contributed by atoms with van der Waals surface area (Å²) in [5.74, 6) is -1.17. The molecule has 0 atom stereocenters. The van der Waals surface area contributed by atoms with Crippen molar-refractivity contribution in [3.8, 4) is 0 Å². The molecule has 0 aliphatic rings. The highest BCUT2D eigenvalue weighted by molar-refractivity contribution is 5.84. The van der Waals surface area contributed by atoms with Crippen molar-refractivity contribution in [2.24, 2.45) is 0 Å². The zero-order valence-electron chi connectivity index (χ0n) is 12.2. The van der Waals surface area contributed by atoms with Gasteiger partial charge in [-0.15, -0.1) is 0 Å². The Morgan fingerprint density at radius 3 is 2.60 bits per heavy atom. The van der Waals surface area contributed by atoms with Crippen LogP contribution in [0.2, 0.25) is 0 Å². The Bertz CT molecular complexity index is 452. The lowest BCUT2D eigenvalue weighted by molar-refractivity contribution is -0.297. The molecule has 110 valence electrons. The molecule has 1 rings (SSSR count). The van der Waals surface area contributed by atoms with Gasteiger partial charge in [-0.2, -0.15) is 0 Å². The van der Waals surface area contributed by atoms with E-state index in [0.29, 0.717) is 0 Å². The summed E-state index contributed by atoms with van der Waals surface area (Å²) in [6, 6.07) is 5.59. The first-order valence-electron chi connectivity index (χ1n) is 7.41. The zero-order valence-corrected chi connectivity index (χ0v) is 12.2. The van der Waals surface area contributed by atoms with Crippen LogP contribution >= 0.6 is 0 Å². The fraction of sp³-hybridized carbons (Fsp3) is 0.471. The highest BCUT2D eigenvalue weighted by Gasteiger charge is 2.01. The number of anilines is 1. The largest absolute Gasteiger partial charge is 0.545 e. The van der Waals surface area contributed by atoms with E-state index in [4.69, 9.17) is 5.73 Å². The molecule has 1 aromatic carbocycles. The Kier molecular flexibility index (Phi) is 7.48. The number of rotatable bonds is 9. The summed E-state index contributed by atoms with van der Waals surface area (Å²) in [6.45, 7) is 2.21. The maximum absolute atomic E-state index is 10.5. The minimum atomic E-state index is -1.17. The molecule has 0 bridgehead atoms. The van der Waals surface area contributed by atoms with Crippen LogP contribution in [0.1, 0.15) is 56.6 Å². The summed E-state index contributed by atoms with van der Waals surface area (Å²) < 4.78 is 0. The van der Waals surface area contributed by atoms with Gasteiger partial charge in [0.15, 0.2) is 0 Å². The van der Waals surface area contributed by atoms with E-state index in [-0.39, 0.29) is 0 Å². The molecule has 0 saturated carbocycles. The van der Waals surface area contributed by atoms with E-state index >= 15 is 0 Å². The molecule has 3 nitrogen and oxygen atoms in total. The number of benzene rings is 1. The maximum Gasteiger partial charge on any atom is 0.0643 e. The van der Waals surface area contributed by atoms with E-state index in [1.165, 1.54) is 32.1 Å². The van der Waals surface area contributed by atoms with Crippen LogP contribution in [0.3, 0.4) is 0 Å². The molecule has 0 radical (unpaired) electrons. The quantitative estimate of drug-likeness (QED) is 0.428. The Morgan fingerprint density at radius 2 is 1.90 bits per heavy atom. The highest BCUT2D eigenvalue weighted by atomic mass is 16.4. The number of carbonyl (C=O) groups is 1. The van der Waals surface area contributed by atoms with Crippen molar-refractivity contribution < 1.29 is 9.90 Å². The molecule has 20 heavy (non-hydrogen) atoms. The van der Waals surface area contributed by atoms with Gasteiger partial charge in [-0.05, 0) is 42.2 Å². The number of carboxylic acid groups (broad SMARTS) is 1. The van der Waals surface area contributed by atoms with Gasteiger partial charge < -0.3 is 15.6 Å². The van der Waals surface area contributed by atoms with Crippen molar-refractivity contribution in [1.82, 2.24) is 0 Å². The van der Waals surface area contributed by atoms with Crippen molar-refractivity contribution in [2.45, 2.75) is 51.9 Å². The number of hydrogen-bond acceptors (Lipinski definition) is 3. The molecule has 0 amide bonds. The van der Waals surface area contributed by atoms with Crippen LogP contribution in [-0.4, -0.2) is 5.97 Å². The number of aryl methyl sites for hydroxylation is 1. The van der Waals surface area contributed by atoms with Crippen molar-refractivity contribution in [2.75, 3.05) is 5.73 Å². The minimum Gasteiger partial charge on any atom is -0.545 e. The second-order valence-corrected chi connectivity index (χ2v) is 5.13. The standard InChI is InChI=1S/C17H25NO2/c1-2-3-4-5-6-7-8-15-13-16(18)11-9-14(15)10-12-17(19)20/h9-13H,2-8,18H2,1H3,(H,19,20)/p-1/b12-10+. The van der Waals surface area contributed by atoms with Crippen LogP contribution in [-0.2, 0) is 11.2 Å². The molecular weight excluding hydrogens is 250 g/mol. The van der Waals surface area contributed by atoms with Crippen LogP contribution in [0.25, 0.3) is 6.08 Å². The van der Waals surface area contributed by atoms with Crippen LogP contribution in [0.4, 0.5) is 5.69 Å². The summed E-state index contributed by atoms with van der Waals surface area (Å²) in [6.07, 6.45) is 11.0. The minimum absolute atomic E-state index is 0.719. The number of aliphatic carboxylic acids is 1. The number of nitrogen functional groups attached to an aromatic ring is 1. The summed E-state index contributed by atoms with van der Waals surface area (Å²) in [5, 5.41) is 10.5. The summed E-state index contributed by atoms with van der Waals surface area (Å²) in [5.41, 5.74) is 8.54. The van der Waals surface area contributed by atoms with Gasteiger partial charge in [-0.3, -0.25) is 0 Å². The average molecular weight is 274 g/mol. The van der Waals surface area contributed by atoms with Gasteiger partial charge in [0.1, 0.15) is 0 Å². The van der Waals surface area contributed by atoms with Gasteiger partial charge in [-0.1, -0.05) is 51.2 Å². The molecule has 0 fully saturated rings. The Morgan fingerprint density at radius 1 is 1.20 bits per heavy atom. The number of carbonyl (C=O) groups excluding carboxylic acids is 1. The fourth-order valence-electron chi connectivity index (χ4n) is 2.26. The zero-order chi connectivity index (χ0) is 14.8. The predicted octanol–water partition coefficient (Wildman–Crippen LogP) is 2.93. The summed E-state index contributed by atoms with van der Waals surface area (Å²) in [7, 11) is 0. The Hall–Kier alpha value is -1.77. The second-order valence-electron chi connectivity index (χ2n) is 5.13. The lowest BCUT2D eigenvalue weighted by atomic mass is 9.99. The average Bonchev–Trinajstić information content (AvgIpc) is 2.41. The molecule has 3 heteroatoms.